The van der Waals surface area contributed by atoms with Crippen molar-refractivity contribution in [3.05, 3.63) is 29.8 Å². The third-order valence-corrected chi connectivity index (χ3v) is 3.88. The topological polar surface area (TPSA) is 21.3 Å². The Morgan fingerprint density at radius 1 is 1.15 bits per heavy atom. The summed E-state index contributed by atoms with van der Waals surface area (Å²) in [6.07, 6.45) is 5.10. The van der Waals surface area contributed by atoms with Gasteiger partial charge < -0.3 is 10.1 Å². The zero-order valence-electron chi connectivity index (χ0n) is 13.6. The van der Waals surface area contributed by atoms with Crippen LogP contribution in [0.5, 0.6) is 5.75 Å². The third kappa shape index (κ3) is 5.16. The lowest BCUT2D eigenvalue weighted by atomic mass is 9.87. The van der Waals surface area contributed by atoms with Crippen LogP contribution in [0.3, 0.4) is 0 Å². The minimum absolute atomic E-state index is 0.442. The van der Waals surface area contributed by atoms with Crippen molar-refractivity contribution in [1.82, 2.24) is 5.32 Å². The lowest BCUT2D eigenvalue weighted by molar-refractivity contribution is 0.321. The number of rotatable bonds is 10. The van der Waals surface area contributed by atoms with Crippen molar-refractivity contribution in [2.75, 3.05) is 13.2 Å². The van der Waals surface area contributed by atoms with Crippen LogP contribution in [0, 0.1) is 5.92 Å². The summed E-state index contributed by atoms with van der Waals surface area (Å²) >= 11 is 0. The Labute approximate surface area is 124 Å². The van der Waals surface area contributed by atoms with Gasteiger partial charge in [-0.3, -0.25) is 0 Å². The van der Waals surface area contributed by atoms with Crippen LogP contribution in [0.25, 0.3) is 0 Å². The molecule has 0 amide bonds. The van der Waals surface area contributed by atoms with Gasteiger partial charge in [-0.1, -0.05) is 52.2 Å². The molecular formula is C18H31NO. The second-order valence-corrected chi connectivity index (χ2v) is 5.35. The first-order chi connectivity index (χ1) is 9.76. The van der Waals surface area contributed by atoms with Gasteiger partial charge in [0.1, 0.15) is 5.75 Å². The molecule has 0 radical (unpaired) electrons. The molecule has 1 rings (SSSR count). The van der Waals surface area contributed by atoms with Crippen LogP contribution in [0.2, 0.25) is 0 Å². The van der Waals surface area contributed by atoms with Crippen LogP contribution in [0.4, 0.5) is 0 Å². The zero-order chi connectivity index (χ0) is 14.8. The van der Waals surface area contributed by atoms with Crippen LogP contribution in [0.1, 0.15) is 65.0 Å². The third-order valence-electron chi connectivity index (χ3n) is 3.88. The van der Waals surface area contributed by atoms with Gasteiger partial charge in [0, 0.05) is 6.04 Å². The van der Waals surface area contributed by atoms with Gasteiger partial charge >= 0.3 is 0 Å². The predicted octanol–water partition coefficient (Wildman–Crippen LogP) is 4.95. The van der Waals surface area contributed by atoms with E-state index in [1.165, 1.54) is 31.2 Å². The quantitative estimate of drug-likeness (QED) is 0.653. The summed E-state index contributed by atoms with van der Waals surface area (Å²) < 4.78 is 5.64. The molecule has 1 aromatic rings. The maximum atomic E-state index is 5.64. The average Bonchev–Trinajstić information content (AvgIpc) is 2.47. The Bertz CT molecular complexity index is 364. The maximum absolute atomic E-state index is 5.64. The minimum Gasteiger partial charge on any atom is -0.494 e. The van der Waals surface area contributed by atoms with Gasteiger partial charge in [-0.15, -0.1) is 0 Å². The molecule has 0 spiro atoms. The maximum Gasteiger partial charge on any atom is 0.119 e. The number of nitrogens with one attached hydrogen (secondary N) is 1. The molecule has 0 aromatic heterocycles. The summed E-state index contributed by atoms with van der Waals surface area (Å²) in [5, 5.41) is 3.67. The number of unbranched alkanes of at least 4 members (excludes halogenated alkanes) is 1. The number of ether oxygens (including phenoxy) is 1. The SMILES string of the molecule is CCCCC(CC)C(NCC)c1cccc(OCC)c1. The van der Waals surface area contributed by atoms with Crippen molar-refractivity contribution in [1.29, 1.82) is 0 Å². The lowest BCUT2D eigenvalue weighted by Gasteiger charge is -2.28. The van der Waals surface area contributed by atoms with Crippen molar-refractivity contribution in [2.24, 2.45) is 5.92 Å². The van der Waals surface area contributed by atoms with Gasteiger partial charge in [0.25, 0.3) is 0 Å². The predicted molar refractivity (Wildman–Crippen MR) is 87.3 cm³/mol. The largest absolute Gasteiger partial charge is 0.494 e. The summed E-state index contributed by atoms with van der Waals surface area (Å²) in [5.41, 5.74) is 1.36. The number of hydrogen-bond acceptors (Lipinski definition) is 2. The standard InChI is InChI=1S/C18H31NO/c1-5-9-11-15(6-2)18(19-7-3)16-12-10-13-17(14-16)20-8-4/h10,12-15,18-19H,5-9,11H2,1-4H3. The molecule has 2 atom stereocenters. The fourth-order valence-electron chi connectivity index (χ4n) is 2.81. The molecule has 2 unspecified atom stereocenters. The molecule has 0 heterocycles. The van der Waals surface area contributed by atoms with E-state index in [0.717, 1.165) is 18.9 Å². The lowest BCUT2D eigenvalue weighted by Crippen LogP contribution is -2.28. The van der Waals surface area contributed by atoms with Gasteiger partial charge in [-0.2, -0.15) is 0 Å². The van der Waals surface area contributed by atoms with E-state index < -0.39 is 0 Å². The molecule has 0 saturated heterocycles. The second-order valence-electron chi connectivity index (χ2n) is 5.35. The van der Waals surface area contributed by atoms with Gasteiger partial charge in [-0.25, -0.2) is 0 Å². The molecule has 2 nitrogen and oxygen atoms in total. The molecule has 2 heteroatoms. The van der Waals surface area contributed by atoms with Gasteiger partial charge in [0.15, 0.2) is 0 Å². The van der Waals surface area contributed by atoms with Crippen LogP contribution in [-0.4, -0.2) is 13.2 Å². The Morgan fingerprint density at radius 3 is 2.55 bits per heavy atom. The van der Waals surface area contributed by atoms with Gasteiger partial charge in [-0.05, 0) is 43.5 Å². The first-order valence-electron chi connectivity index (χ1n) is 8.22. The Balaban J connectivity index is 2.89. The zero-order valence-corrected chi connectivity index (χ0v) is 13.6. The van der Waals surface area contributed by atoms with Gasteiger partial charge in [0.2, 0.25) is 0 Å². The second kappa shape index (κ2) is 9.82. The molecular weight excluding hydrogens is 246 g/mol. The van der Waals surface area contributed by atoms with Crippen LogP contribution in [0.15, 0.2) is 24.3 Å². The summed E-state index contributed by atoms with van der Waals surface area (Å²) in [4.78, 5) is 0. The summed E-state index contributed by atoms with van der Waals surface area (Å²) in [7, 11) is 0. The Morgan fingerprint density at radius 2 is 1.95 bits per heavy atom. The summed E-state index contributed by atoms with van der Waals surface area (Å²) in [5.74, 6) is 1.69. The van der Waals surface area contributed by atoms with E-state index in [9.17, 15) is 0 Å². The highest BCUT2D eigenvalue weighted by atomic mass is 16.5. The van der Waals surface area contributed by atoms with E-state index in [-0.39, 0.29) is 0 Å². The molecule has 1 aromatic carbocycles. The Hall–Kier alpha value is -1.02. The van der Waals surface area contributed by atoms with E-state index >= 15 is 0 Å². The number of hydrogen-bond donors (Lipinski definition) is 1. The Kier molecular flexibility index (Phi) is 8.36. The fraction of sp³-hybridized carbons (Fsp3) is 0.667. The first kappa shape index (κ1) is 17.0. The molecule has 0 aliphatic heterocycles. The summed E-state index contributed by atoms with van der Waals surface area (Å²) in [6.45, 7) is 10.5. The van der Waals surface area contributed by atoms with Crippen molar-refractivity contribution in [2.45, 2.75) is 59.4 Å². The molecule has 0 aliphatic rings. The van der Waals surface area contributed by atoms with Crippen molar-refractivity contribution < 1.29 is 4.74 Å². The van der Waals surface area contributed by atoms with E-state index in [2.05, 4.69) is 44.3 Å². The van der Waals surface area contributed by atoms with E-state index in [4.69, 9.17) is 4.74 Å². The van der Waals surface area contributed by atoms with E-state index in [0.29, 0.717) is 12.0 Å². The van der Waals surface area contributed by atoms with E-state index in [1.54, 1.807) is 0 Å². The fourth-order valence-corrected chi connectivity index (χ4v) is 2.81. The first-order valence-corrected chi connectivity index (χ1v) is 8.22. The van der Waals surface area contributed by atoms with Crippen molar-refractivity contribution >= 4 is 0 Å². The van der Waals surface area contributed by atoms with Crippen LogP contribution < -0.4 is 10.1 Å². The molecule has 114 valence electrons. The van der Waals surface area contributed by atoms with Crippen LogP contribution in [-0.2, 0) is 0 Å². The normalized spacial score (nSPS) is 14.0. The molecule has 20 heavy (non-hydrogen) atoms. The average molecular weight is 277 g/mol. The monoisotopic (exact) mass is 277 g/mol. The highest BCUT2D eigenvalue weighted by Gasteiger charge is 2.20. The molecule has 0 aliphatic carbocycles. The highest BCUT2D eigenvalue weighted by Crippen LogP contribution is 2.30. The number of benzene rings is 1. The molecule has 0 fully saturated rings. The van der Waals surface area contributed by atoms with E-state index in [1.807, 2.05) is 13.0 Å². The molecule has 0 saturated carbocycles. The smallest absolute Gasteiger partial charge is 0.119 e. The highest BCUT2D eigenvalue weighted by molar-refractivity contribution is 5.31. The summed E-state index contributed by atoms with van der Waals surface area (Å²) in [6, 6.07) is 9.02. The van der Waals surface area contributed by atoms with Crippen LogP contribution >= 0.6 is 0 Å². The minimum atomic E-state index is 0.442. The van der Waals surface area contributed by atoms with Gasteiger partial charge in [0.05, 0.1) is 6.61 Å². The van der Waals surface area contributed by atoms with Crippen molar-refractivity contribution in [3.8, 4) is 5.75 Å². The van der Waals surface area contributed by atoms with Crippen molar-refractivity contribution in [3.63, 3.8) is 0 Å². The molecule has 1 N–H and O–H groups in total. The molecule has 0 bridgehead atoms.